The van der Waals surface area contributed by atoms with Crippen LogP contribution in [0.1, 0.15) is 16.4 Å². The van der Waals surface area contributed by atoms with Crippen molar-refractivity contribution in [2.24, 2.45) is 0 Å². The van der Waals surface area contributed by atoms with Gasteiger partial charge in [0.25, 0.3) is 0 Å². The standard InChI is InChI=1S/C9H10INO4/c1-14-6(2-3-10)4-8-11-7(5-15-8)9(12)13/h2-3,5-6H,4H2,1H3,(H,12,13)/b3-2+/t6-/m0/s1. The quantitative estimate of drug-likeness (QED) is 0.838. The van der Waals surface area contributed by atoms with Gasteiger partial charge in [-0.3, -0.25) is 0 Å². The number of carboxylic acids is 1. The smallest absolute Gasteiger partial charge is 0.357 e. The zero-order valence-electron chi connectivity index (χ0n) is 8.01. The molecule has 1 rings (SSSR count). The molecule has 0 unspecified atom stereocenters. The molecule has 0 aliphatic rings. The summed E-state index contributed by atoms with van der Waals surface area (Å²) >= 11 is 2.08. The molecule has 1 heterocycles. The van der Waals surface area contributed by atoms with Crippen LogP contribution in [0, 0.1) is 0 Å². The van der Waals surface area contributed by atoms with E-state index in [0.29, 0.717) is 12.3 Å². The number of ether oxygens (including phenoxy) is 1. The van der Waals surface area contributed by atoms with E-state index in [1.807, 2.05) is 10.2 Å². The van der Waals surface area contributed by atoms with Crippen LogP contribution in [0.2, 0.25) is 0 Å². The maximum Gasteiger partial charge on any atom is 0.357 e. The van der Waals surface area contributed by atoms with E-state index in [1.165, 1.54) is 0 Å². The number of carbonyl (C=O) groups is 1. The minimum atomic E-state index is -1.09. The van der Waals surface area contributed by atoms with Gasteiger partial charge in [-0.1, -0.05) is 22.6 Å². The maximum atomic E-state index is 10.5. The van der Waals surface area contributed by atoms with E-state index >= 15 is 0 Å². The van der Waals surface area contributed by atoms with E-state index in [4.69, 9.17) is 14.3 Å². The number of carboxylic acid groups (broad SMARTS) is 1. The molecule has 0 amide bonds. The second kappa shape index (κ2) is 5.86. The summed E-state index contributed by atoms with van der Waals surface area (Å²) in [5, 5.41) is 8.62. The molecule has 1 atom stereocenters. The molecule has 82 valence electrons. The average Bonchev–Trinajstić information content (AvgIpc) is 2.65. The minimum absolute atomic E-state index is 0.0849. The van der Waals surface area contributed by atoms with E-state index < -0.39 is 5.97 Å². The normalized spacial score (nSPS) is 13.2. The molecule has 6 heteroatoms. The molecular formula is C9H10INO4. The van der Waals surface area contributed by atoms with E-state index in [-0.39, 0.29) is 11.8 Å². The highest BCUT2D eigenvalue weighted by Gasteiger charge is 2.13. The van der Waals surface area contributed by atoms with Crippen molar-refractivity contribution in [2.75, 3.05) is 7.11 Å². The number of hydrogen-bond acceptors (Lipinski definition) is 4. The van der Waals surface area contributed by atoms with Gasteiger partial charge in [0.15, 0.2) is 11.6 Å². The van der Waals surface area contributed by atoms with Crippen molar-refractivity contribution >= 4 is 28.6 Å². The Morgan fingerprint density at radius 3 is 3.07 bits per heavy atom. The molecule has 0 aromatic carbocycles. The topological polar surface area (TPSA) is 72.6 Å². The highest BCUT2D eigenvalue weighted by atomic mass is 127. The summed E-state index contributed by atoms with van der Waals surface area (Å²) in [5.74, 6) is -0.739. The molecule has 0 spiro atoms. The molecule has 0 aliphatic heterocycles. The molecule has 5 nitrogen and oxygen atoms in total. The van der Waals surface area contributed by atoms with E-state index in [9.17, 15) is 4.79 Å². The molecule has 1 N–H and O–H groups in total. The Labute approximate surface area is 100 Å². The van der Waals surface area contributed by atoms with Gasteiger partial charge in [0.2, 0.25) is 0 Å². The first-order chi connectivity index (χ1) is 7.17. The van der Waals surface area contributed by atoms with Gasteiger partial charge < -0.3 is 14.3 Å². The zero-order valence-corrected chi connectivity index (χ0v) is 10.2. The van der Waals surface area contributed by atoms with Gasteiger partial charge in [-0.05, 0) is 10.2 Å². The van der Waals surface area contributed by atoms with Crippen LogP contribution < -0.4 is 0 Å². The van der Waals surface area contributed by atoms with Crippen LogP contribution >= 0.6 is 22.6 Å². The van der Waals surface area contributed by atoms with Gasteiger partial charge in [-0.15, -0.1) is 0 Å². The summed E-state index contributed by atoms with van der Waals surface area (Å²) < 4.78 is 11.9. The average molecular weight is 323 g/mol. The van der Waals surface area contributed by atoms with Gasteiger partial charge in [-0.2, -0.15) is 0 Å². The number of hydrogen-bond donors (Lipinski definition) is 1. The lowest BCUT2D eigenvalue weighted by Crippen LogP contribution is -2.11. The second-order valence-corrected chi connectivity index (χ2v) is 3.45. The first-order valence-corrected chi connectivity index (χ1v) is 5.39. The van der Waals surface area contributed by atoms with E-state index in [1.54, 1.807) is 7.11 Å². The summed E-state index contributed by atoms with van der Waals surface area (Å²) in [6.07, 6.45) is 3.23. The lowest BCUT2D eigenvalue weighted by molar-refractivity contribution is 0.0690. The fourth-order valence-corrected chi connectivity index (χ4v) is 1.45. The van der Waals surface area contributed by atoms with Gasteiger partial charge in [0, 0.05) is 7.11 Å². The van der Waals surface area contributed by atoms with E-state index in [0.717, 1.165) is 6.26 Å². The van der Waals surface area contributed by atoms with Crippen LogP contribution in [0.3, 0.4) is 0 Å². The van der Waals surface area contributed by atoms with Gasteiger partial charge in [0.1, 0.15) is 6.26 Å². The molecule has 0 saturated carbocycles. The lowest BCUT2D eigenvalue weighted by Gasteiger charge is -2.06. The third-order valence-corrected chi connectivity index (χ3v) is 2.15. The predicted molar refractivity (Wildman–Crippen MR) is 61.1 cm³/mol. The second-order valence-electron chi connectivity index (χ2n) is 2.73. The molecule has 0 aliphatic carbocycles. The Balaban J connectivity index is 2.67. The van der Waals surface area contributed by atoms with E-state index in [2.05, 4.69) is 27.6 Å². The fourth-order valence-electron chi connectivity index (χ4n) is 0.986. The van der Waals surface area contributed by atoms with Crippen molar-refractivity contribution in [3.05, 3.63) is 28.0 Å². The molecule has 0 saturated heterocycles. The maximum absolute atomic E-state index is 10.5. The van der Waals surface area contributed by atoms with Crippen molar-refractivity contribution in [1.82, 2.24) is 4.98 Å². The summed E-state index contributed by atoms with van der Waals surface area (Å²) in [4.78, 5) is 14.3. The van der Waals surface area contributed by atoms with Crippen molar-refractivity contribution in [1.29, 1.82) is 0 Å². The Bertz CT molecular complexity index is 361. The number of oxazole rings is 1. The highest BCUT2D eigenvalue weighted by molar-refractivity contribution is 14.1. The summed E-state index contributed by atoms with van der Waals surface area (Å²) in [5.41, 5.74) is -0.0849. The summed E-state index contributed by atoms with van der Waals surface area (Å²) in [7, 11) is 1.57. The van der Waals surface area contributed by atoms with Gasteiger partial charge in [-0.25, -0.2) is 9.78 Å². The Morgan fingerprint density at radius 2 is 2.60 bits per heavy atom. The van der Waals surface area contributed by atoms with Crippen molar-refractivity contribution in [2.45, 2.75) is 12.5 Å². The Morgan fingerprint density at radius 1 is 1.87 bits per heavy atom. The molecular weight excluding hydrogens is 313 g/mol. The minimum Gasteiger partial charge on any atom is -0.476 e. The number of methoxy groups -OCH3 is 1. The molecule has 1 aromatic heterocycles. The Kier molecular flexibility index (Phi) is 4.76. The summed E-state index contributed by atoms with van der Waals surface area (Å²) in [6, 6.07) is 0. The largest absolute Gasteiger partial charge is 0.476 e. The summed E-state index contributed by atoms with van der Waals surface area (Å²) in [6.45, 7) is 0. The first-order valence-electron chi connectivity index (χ1n) is 4.14. The van der Waals surface area contributed by atoms with Crippen molar-refractivity contribution in [3.8, 4) is 0 Å². The van der Waals surface area contributed by atoms with Crippen LogP contribution in [0.5, 0.6) is 0 Å². The first kappa shape index (κ1) is 12.2. The third kappa shape index (κ3) is 3.63. The Hall–Kier alpha value is -0.890. The predicted octanol–water partition coefficient (Wildman–Crippen LogP) is 1.88. The van der Waals surface area contributed by atoms with Crippen LogP contribution in [0.15, 0.2) is 20.8 Å². The van der Waals surface area contributed by atoms with Crippen molar-refractivity contribution < 1.29 is 19.1 Å². The monoisotopic (exact) mass is 323 g/mol. The van der Waals surface area contributed by atoms with Crippen LogP contribution in [0.4, 0.5) is 0 Å². The number of halogens is 1. The van der Waals surface area contributed by atoms with Gasteiger partial charge in [0.05, 0.1) is 12.5 Å². The third-order valence-electron chi connectivity index (χ3n) is 1.74. The van der Waals surface area contributed by atoms with Crippen LogP contribution in [-0.4, -0.2) is 29.3 Å². The van der Waals surface area contributed by atoms with Gasteiger partial charge >= 0.3 is 5.97 Å². The molecule has 15 heavy (non-hydrogen) atoms. The highest BCUT2D eigenvalue weighted by Crippen LogP contribution is 2.08. The lowest BCUT2D eigenvalue weighted by atomic mass is 10.2. The molecule has 0 fully saturated rings. The number of aromatic carboxylic acids is 1. The number of rotatable bonds is 5. The number of aromatic nitrogens is 1. The van der Waals surface area contributed by atoms with Crippen molar-refractivity contribution in [3.63, 3.8) is 0 Å². The fraction of sp³-hybridized carbons (Fsp3) is 0.333. The number of nitrogens with zero attached hydrogens (tertiary/aromatic N) is 1. The molecule has 0 radical (unpaired) electrons. The van der Waals surface area contributed by atoms with Crippen LogP contribution in [0.25, 0.3) is 0 Å². The SMILES string of the molecule is CO[C@@H](/C=C/I)Cc1nc(C(=O)O)co1. The molecule has 0 bridgehead atoms. The zero-order chi connectivity index (χ0) is 11.3. The van der Waals surface area contributed by atoms with Crippen LogP contribution in [-0.2, 0) is 11.2 Å². The molecule has 1 aromatic rings.